The first-order valence-corrected chi connectivity index (χ1v) is 7.45. The van der Waals surface area contributed by atoms with E-state index in [1.807, 2.05) is 25.1 Å². The van der Waals surface area contributed by atoms with E-state index in [4.69, 9.17) is 0 Å². The quantitative estimate of drug-likeness (QED) is 0.886. The smallest absolute Gasteiger partial charge is 0.228 e. The van der Waals surface area contributed by atoms with Crippen molar-refractivity contribution in [3.8, 4) is 0 Å². The molecule has 0 atom stereocenters. The minimum atomic E-state index is 0.0438. The van der Waals surface area contributed by atoms with Gasteiger partial charge < -0.3 is 5.32 Å². The van der Waals surface area contributed by atoms with Gasteiger partial charge in [-0.3, -0.25) is 4.79 Å². The Hall–Kier alpha value is -2.09. The van der Waals surface area contributed by atoms with Gasteiger partial charge in [-0.25, -0.2) is 0 Å². The lowest BCUT2D eigenvalue weighted by Crippen LogP contribution is -2.16. The molecule has 2 rings (SSSR count). The topological polar surface area (TPSA) is 29.1 Å². The molecule has 1 amide bonds. The summed E-state index contributed by atoms with van der Waals surface area (Å²) < 4.78 is 0. The highest BCUT2D eigenvalue weighted by atomic mass is 16.1. The Bertz CT molecular complexity index is 659. The number of carbonyl (C=O) groups excluding carboxylic acids is 1. The van der Waals surface area contributed by atoms with Crippen LogP contribution in [0, 0.1) is 20.8 Å². The average molecular weight is 281 g/mol. The summed E-state index contributed by atoms with van der Waals surface area (Å²) in [4.78, 5) is 12.3. The number of nitrogens with one attached hydrogen (secondary N) is 1. The number of hydrogen-bond donors (Lipinski definition) is 1. The van der Waals surface area contributed by atoms with Crippen molar-refractivity contribution < 1.29 is 4.79 Å². The largest absolute Gasteiger partial charge is 0.325 e. The lowest BCUT2D eigenvalue weighted by atomic mass is 10.0. The van der Waals surface area contributed by atoms with Crippen LogP contribution in [0.25, 0.3) is 0 Å². The number of carbonyl (C=O) groups is 1. The van der Waals surface area contributed by atoms with Crippen molar-refractivity contribution >= 4 is 11.6 Å². The van der Waals surface area contributed by atoms with Crippen LogP contribution in [0.2, 0.25) is 0 Å². The van der Waals surface area contributed by atoms with Gasteiger partial charge in [0, 0.05) is 5.69 Å². The van der Waals surface area contributed by atoms with Gasteiger partial charge in [0.05, 0.1) is 6.42 Å². The molecular weight excluding hydrogens is 258 g/mol. The lowest BCUT2D eigenvalue weighted by Gasteiger charge is -2.13. The number of hydrogen-bond acceptors (Lipinski definition) is 1. The van der Waals surface area contributed by atoms with Crippen LogP contribution in [0.3, 0.4) is 0 Å². The van der Waals surface area contributed by atoms with Crippen LogP contribution in [-0.2, 0) is 17.6 Å². The lowest BCUT2D eigenvalue weighted by molar-refractivity contribution is -0.115. The summed E-state index contributed by atoms with van der Waals surface area (Å²) in [6.45, 7) is 8.30. The third-order valence-corrected chi connectivity index (χ3v) is 3.94. The standard InChI is InChI=1S/C19H23NO/c1-5-17-8-6-7-14(3)19(17)20-18(21)12-16-10-9-13(2)15(4)11-16/h6-11H,5,12H2,1-4H3,(H,20,21). The molecular formula is C19H23NO. The molecule has 0 aliphatic rings. The summed E-state index contributed by atoms with van der Waals surface area (Å²) in [6, 6.07) is 12.3. The Labute approximate surface area is 127 Å². The zero-order valence-corrected chi connectivity index (χ0v) is 13.3. The Morgan fingerprint density at radius 2 is 1.76 bits per heavy atom. The number of rotatable bonds is 4. The third-order valence-electron chi connectivity index (χ3n) is 3.94. The second kappa shape index (κ2) is 6.57. The third kappa shape index (κ3) is 3.72. The molecule has 0 spiro atoms. The number of para-hydroxylation sites is 1. The van der Waals surface area contributed by atoms with E-state index in [1.165, 1.54) is 16.7 Å². The Kier molecular flexibility index (Phi) is 4.79. The fourth-order valence-electron chi connectivity index (χ4n) is 2.48. The molecule has 2 heteroatoms. The van der Waals surface area contributed by atoms with E-state index in [0.717, 1.165) is 23.2 Å². The molecule has 0 saturated carbocycles. The maximum absolute atomic E-state index is 12.3. The summed E-state index contributed by atoms with van der Waals surface area (Å²) in [5.41, 5.74) is 6.80. The molecule has 0 aliphatic carbocycles. The highest BCUT2D eigenvalue weighted by molar-refractivity contribution is 5.93. The van der Waals surface area contributed by atoms with E-state index >= 15 is 0 Å². The van der Waals surface area contributed by atoms with Gasteiger partial charge in [-0.05, 0) is 55.0 Å². The number of amides is 1. The molecule has 2 aromatic carbocycles. The van der Waals surface area contributed by atoms with Crippen molar-refractivity contribution in [2.24, 2.45) is 0 Å². The SMILES string of the molecule is CCc1cccc(C)c1NC(=O)Cc1ccc(C)c(C)c1. The van der Waals surface area contributed by atoms with E-state index < -0.39 is 0 Å². The Morgan fingerprint density at radius 3 is 2.43 bits per heavy atom. The van der Waals surface area contributed by atoms with Gasteiger partial charge >= 0.3 is 0 Å². The number of anilines is 1. The van der Waals surface area contributed by atoms with E-state index in [0.29, 0.717) is 6.42 Å². The van der Waals surface area contributed by atoms with Crippen LogP contribution in [0.4, 0.5) is 5.69 Å². The van der Waals surface area contributed by atoms with Crippen LogP contribution in [0.5, 0.6) is 0 Å². The minimum absolute atomic E-state index is 0.0438. The molecule has 0 unspecified atom stereocenters. The summed E-state index contributed by atoms with van der Waals surface area (Å²) in [7, 11) is 0. The van der Waals surface area contributed by atoms with Crippen molar-refractivity contribution in [1.29, 1.82) is 0 Å². The van der Waals surface area contributed by atoms with Crippen LogP contribution in [0.15, 0.2) is 36.4 Å². The fourth-order valence-corrected chi connectivity index (χ4v) is 2.48. The van der Waals surface area contributed by atoms with Gasteiger partial charge in [-0.15, -0.1) is 0 Å². The van der Waals surface area contributed by atoms with Gasteiger partial charge in [0.25, 0.3) is 0 Å². The van der Waals surface area contributed by atoms with Crippen molar-refractivity contribution in [3.05, 3.63) is 64.2 Å². The molecule has 0 aromatic heterocycles. The van der Waals surface area contributed by atoms with E-state index in [2.05, 4.69) is 44.3 Å². The Balaban J connectivity index is 2.13. The molecule has 110 valence electrons. The fraction of sp³-hybridized carbons (Fsp3) is 0.316. The molecule has 21 heavy (non-hydrogen) atoms. The van der Waals surface area contributed by atoms with Crippen LogP contribution in [0.1, 0.15) is 34.7 Å². The van der Waals surface area contributed by atoms with E-state index in [1.54, 1.807) is 0 Å². The first-order valence-electron chi connectivity index (χ1n) is 7.45. The maximum atomic E-state index is 12.3. The average Bonchev–Trinajstić information content (AvgIpc) is 2.45. The van der Waals surface area contributed by atoms with Crippen molar-refractivity contribution in [2.45, 2.75) is 40.5 Å². The molecule has 0 radical (unpaired) electrons. The second-order valence-electron chi connectivity index (χ2n) is 5.61. The van der Waals surface area contributed by atoms with Gasteiger partial charge in [0.1, 0.15) is 0 Å². The minimum Gasteiger partial charge on any atom is -0.325 e. The highest BCUT2D eigenvalue weighted by Crippen LogP contribution is 2.21. The normalized spacial score (nSPS) is 10.5. The van der Waals surface area contributed by atoms with E-state index in [-0.39, 0.29) is 5.91 Å². The van der Waals surface area contributed by atoms with Gasteiger partial charge in [0.2, 0.25) is 5.91 Å². The van der Waals surface area contributed by atoms with Gasteiger partial charge in [0.15, 0.2) is 0 Å². The molecule has 0 heterocycles. The zero-order chi connectivity index (χ0) is 15.4. The van der Waals surface area contributed by atoms with E-state index in [9.17, 15) is 4.79 Å². The van der Waals surface area contributed by atoms with Crippen molar-refractivity contribution in [1.82, 2.24) is 0 Å². The summed E-state index contributed by atoms with van der Waals surface area (Å²) >= 11 is 0. The first kappa shape index (κ1) is 15.3. The summed E-state index contributed by atoms with van der Waals surface area (Å²) in [6.07, 6.45) is 1.33. The molecule has 1 N–H and O–H groups in total. The predicted octanol–water partition coefficient (Wildman–Crippen LogP) is 4.36. The first-order chi connectivity index (χ1) is 10.0. The zero-order valence-electron chi connectivity index (χ0n) is 13.3. The predicted molar refractivity (Wildman–Crippen MR) is 88.8 cm³/mol. The number of aryl methyl sites for hydroxylation is 4. The van der Waals surface area contributed by atoms with Gasteiger partial charge in [-0.2, -0.15) is 0 Å². The molecule has 0 saturated heterocycles. The maximum Gasteiger partial charge on any atom is 0.228 e. The second-order valence-corrected chi connectivity index (χ2v) is 5.61. The molecule has 2 aromatic rings. The highest BCUT2D eigenvalue weighted by Gasteiger charge is 2.09. The van der Waals surface area contributed by atoms with Gasteiger partial charge in [-0.1, -0.05) is 43.3 Å². The van der Waals surface area contributed by atoms with Crippen LogP contribution in [-0.4, -0.2) is 5.91 Å². The van der Waals surface area contributed by atoms with Crippen LogP contribution < -0.4 is 5.32 Å². The molecule has 0 aliphatic heterocycles. The molecule has 0 fully saturated rings. The van der Waals surface area contributed by atoms with Crippen molar-refractivity contribution in [3.63, 3.8) is 0 Å². The Morgan fingerprint density at radius 1 is 1.00 bits per heavy atom. The summed E-state index contributed by atoms with van der Waals surface area (Å²) in [5.74, 6) is 0.0438. The molecule has 2 nitrogen and oxygen atoms in total. The van der Waals surface area contributed by atoms with Crippen molar-refractivity contribution in [2.75, 3.05) is 5.32 Å². The van der Waals surface area contributed by atoms with Crippen LogP contribution >= 0.6 is 0 Å². The monoisotopic (exact) mass is 281 g/mol. The summed E-state index contributed by atoms with van der Waals surface area (Å²) in [5, 5.41) is 3.07. The number of benzene rings is 2. The molecule has 0 bridgehead atoms.